The molecule has 82 valence electrons. The van der Waals surface area contributed by atoms with Crippen LogP contribution in [0, 0.1) is 0 Å². The molecule has 7 heteroatoms. The van der Waals surface area contributed by atoms with E-state index < -0.39 is 28.2 Å². The first-order valence-electron chi connectivity index (χ1n) is 3.60. The minimum atomic E-state index is -4.70. The van der Waals surface area contributed by atoms with Crippen molar-refractivity contribution in [3.8, 4) is 0 Å². The van der Waals surface area contributed by atoms with E-state index in [1.165, 1.54) is 0 Å². The van der Waals surface area contributed by atoms with Gasteiger partial charge in [0.2, 0.25) is 0 Å². The number of rotatable bonds is 1. The predicted octanol–water partition coefficient (Wildman–Crippen LogP) is 3.11. The molecule has 0 saturated carbocycles. The molecule has 1 amide bonds. The molecule has 0 bridgehead atoms. The van der Waals surface area contributed by atoms with Crippen molar-refractivity contribution < 1.29 is 18.0 Å². The van der Waals surface area contributed by atoms with E-state index in [0.29, 0.717) is 6.07 Å². The van der Waals surface area contributed by atoms with Gasteiger partial charge in [-0.05, 0) is 12.1 Å². The van der Waals surface area contributed by atoms with Gasteiger partial charge in [0.25, 0.3) is 5.91 Å². The summed E-state index contributed by atoms with van der Waals surface area (Å²) >= 11 is 10.9. The minimum Gasteiger partial charge on any atom is -0.366 e. The van der Waals surface area contributed by atoms with Crippen molar-refractivity contribution in [1.82, 2.24) is 0 Å². The zero-order valence-corrected chi connectivity index (χ0v) is 8.54. The average molecular weight is 258 g/mol. The maximum atomic E-state index is 12.4. The summed E-state index contributed by atoms with van der Waals surface area (Å²) < 4.78 is 37.2. The number of alkyl halides is 3. The zero-order chi connectivity index (χ0) is 11.8. The molecule has 0 radical (unpaired) electrons. The predicted molar refractivity (Wildman–Crippen MR) is 50.0 cm³/mol. The Morgan fingerprint density at radius 2 is 1.80 bits per heavy atom. The lowest BCUT2D eigenvalue weighted by Gasteiger charge is -2.12. The van der Waals surface area contributed by atoms with Crippen molar-refractivity contribution in [3.05, 3.63) is 33.3 Å². The smallest absolute Gasteiger partial charge is 0.366 e. The van der Waals surface area contributed by atoms with Crippen molar-refractivity contribution in [2.75, 3.05) is 0 Å². The highest BCUT2D eigenvalue weighted by Crippen LogP contribution is 2.37. The van der Waals surface area contributed by atoms with Gasteiger partial charge in [-0.1, -0.05) is 23.2 Å². The third-order valence-electron chi connectivity index (χ3n) is 1.65. The molecule has 1 aromatic carbocycles. The van der Waals surface area contributed by atoms with Crippen molar-refractivity contribution >= 4 is 29.1 Å². The summed E-state index contributed by atoms with van der Waals surface area (Å²) in [7, 11) is 0. The quantitative estimate of drug-likeness (QED) is 0.826. The van der Waals surface area contributed by atoms with Crippen LogP contribution in [-0.4, -0.2) is 5.91 Å². The SMILES string of the molecule is NC(=O)c1c(C(F)(F)F)ccc(Cl)c1Cl. The van der Waals surface area contributed by atoms with E-state index in [-0.39, 0.29) is 5.02 Å². The Bertz CT molecular complexity index is 417. The number of nitrogens with two attached hydrogens (primary N) is 1. The average Bonchev–Trinajstić information content (AvgIpc) is 2.06. The molecule has 2 N–H and O–H groups in total. The van der Waals surface area contributed by atoms with Crippen molar-refractivity contribution in [2.45, 2.75) is 6.18 Å². The number of benzene rings is 1. The first-order valence-corrected chi connectivity index (χ1v) is 4.35. The van der Waals surface area contributed by atoms with Gasteiger partial charge in [0, 0.05) is 0 Å². The number of carbonyl (C=O) groups excluding carboxylic acids is 1. The van der Waals surface area contributed by atoms with Crippen molar-refractivity contribution in [2.24, 2.45) is 5.73 Å². The second-order valence-electron chi connectivity index (χ2n) is 2.65. The van der Waals surface area contributed by atoms with Gasteiger partial charge in [-0.25, -0.2) is 0 Å². The Morgan fingerprint density at radius 1 is 1.27 bits per heavy atom. The normalized spacial score (nSPS) is 11.5. The fourth-order valence-electron chi connectivity index (χ4n) is 1.03. The molecular formula is C8H4Cl2F3NO. The first-order chi connectivity index (χ1) is 6.75. The van der Waals surface area contributed by atoms with E-state index in [1.807, 2.05) is 0 Å². The van der Waals surface area contributed by atoms with Gasteiger partial charge >= 0.3 is 6.18 Å². The largest absolute Gasteiger partial charge is 0.417 e. The van der Waals surface area contributed by atoms with Crippen molar-refractivity contribution in [3.63, 3.8) is 0 Å². The molecule has 0 unspecified atom stereocenters. The van der Waals surface area contributed by atoms with Crippen LogP contribution in [0.3, 0.4) is 0 Å². The summed E-state index contributed by atoms with van der Waals surface area (Å²) in [6.07, 6.45) is -4.70. The Labute approximate surface area is 92.8 Å². The zero-order valence-electron chi connectivity index (χ0n) is 7.03. The van der Waals surface area contributed by atoms with Crippen LogP contribution >= 0.6 is 23.2 Å². The van der Waals surface area contributed by atoms with Crippen LogP contribution in [0.1, 0.15) is 15.9 Å². The highest BCUT2D eigenvalue weighted by molar-refractivity contribution is 6.44. The number of amides is 1. The second kappa shape index (κ2) is 3.90. The van der Waals surface area contributed by atoms with Crippen LogP contribution in [0.5, 0.6) is 0 Å². The standard InChI is InChI=1S/C8H4Cl2F3NO/c9-4-2-1-3(8(11,12)13)5(6(4)10)7(14)15/h1-2H,(H2,14,15). The third kappa shape index (κ3) is 2.35. The molecule has 15 heavy (non-hydrogen) atoms. The molecule has 0 aliphatic heterocycles. The molecule has 0 heterocycles. The highest BCUT2D eigenvalue weighted by Gasteiger charge is 2.36. The van der Waals surface area contributed by atoms with E-state index in [4.69, 9.17) is 28.9 Å². The maximum absolute atomic E-state index is 12.4. The topological polar surface area (TPSA) is 43.1 Å². The van der Waals surface area contributed by atoms with Gasteiger partial charge in [0.15, 0.2) is 0 Å². The number of hydrogen-bond acceptors (Lipinski definition) is 1. The van der Waals surface area contributed by atoms with Gasteiger partial charge < -0.3 is 5.73 Å². The summed E-state index contributed by atoms with van der Waals surface area (Å²) in [6.45, 7) is 0. The Balaban J connectivity index is 3.55. The number of primary amides is 1. The van der Waals surface area contributed by atoms with E-state index in [1.54, 1.807) is 0 Å². The minimum absolute atomic E-state index is 0.154. The van der Waals surface area contributed by atoms with Gasteiger partial charge in [-0.15, -0.1) is 0 Å². The molecule has 0 aliphatic carbocycles. The van der Waals surface area contributed by atoms with Gasteiger partial charge in [0.05, 0.1) is 21.2 Å². The lowest BCUT2D eigenvalue weighted by molar-refractivity contribution is -0.137. The van der Waals surface area contributed by atoms with E-state index in [2.05, 4.69) is 0 Å². The van der Waals surface area contributed by atoms with E-state index in [0.717, 1.165) is 6.07 Å². The van der Waals surface area contributed by atoms with Gasteiger partial charge in [-0.2, -0.15) is 13.2 Å². The summed E-state index contributed by atoms with van der Waals surface area (Å²) in [5, 5.41) is -0.641. The van der Waals surface area contributed by atoms with Crippen LogP contribution in [0.2, 0.25) is 10.0 Å². The lowest BCUT2D eigenvalue weighted by Crippen LogP contribution is -2.19. The fraction of sp³-hybridized carbons (Fsp3) is 0.125. The molecule has 0 fully saturated rings. The number of halogens is 5. The molecule has 0 aliphatic rings. The molecule has 1 aromatic rings. The summed E-state index contributed by atoms with van der Waals surface area (Å²) in [6, 6.07) is 1.62. The maximum Gasteiger partial charge on any atom is 0.417 e. The molecular weight excluding hydrogens is 254 g/mol. The van der Waals surface area contributed by atoms with Crippen LogP contribution in [0.4, 0.5) is 13.2 Å². The van der Waals surface area contributed by atoms with Crippen molar-refractivity contribution in [1.29, 1.82) is 0 Å². The summed E-state index contributed by atoms with van der Waals surface area (Å²) in [5.41, 5.74) is 2.80. The number of hydrogen-bond donors (Lipinski definition) is 1. The number of carbonyl (C=O) groups is 1. The molecule has 1 rings (SSSR count). The van der Waals surface area contributed by atoms with Crippen LogP contribution in [-0.2, 0) is 6.18 Å². The Morgan fingerprint density at radius 3 is 2.20 bits per heavy atom. The van der Waals surface area contributed by atoms with Gasteiger partial charge in [0.1, 0.15) is 0 Å². The summed E-state index contributed by atoms with van der Waals surface area (Å²) in [4.78, 5) is 10.8. The molecule has 0 saturated heterocycles. The van der Waals surface area contributed by atoms with Crippen LogP contribution < -0.4 is 5.73 Å². The third-order valence-corrected chi connectivity index (χ3v) is 2.45. The second-order valence-corrected chi connectivity index (χ2v) is 3.43. The monoisotopic (exact) mass is 257 g/mol. The molecule has 0 atom stereocenters. The first kappa shape index (κ1) is 12.1. The van der Waals surface area contributed by atoms with Gasteiger partial charge in [-0.3, -0.25) is 4.79 Å². The van der Waals surface area contributed by atoms with Crippen LogP contribution in [0.25, 0.3) is 0 Å². The lowest BCUT2D eigenvalue weighted by atomic mass is 10.1. The Hall–Kier alpha value is -0.940. The molecule has 0 aromatic heterocycles. The van der Waals surface area contributed by atoms with E-state index in [9.17, 15) is 18.0 Å². The van der Waals surface area contributed by atoms with Crippen LogP contribution in [0.15, 0.2) is 12.1 Å². The fourth-order valence-corrected chi connectivity index (χ4v) is 1.44. The molecule has 0 spiro atoms. The molecule has 2 nitrogen and oxygen atoms in total. The summed E-state index contributed by atoms with van der Waals surface area (Å²) in [5.74, 6) is -1.27. The highest BCUT2D eigenvalue weighted by atomic mass is 35.5. The van der Waals surface area contributed by atoms with E-state index >= 15 is 0 Å². The Kier molecular flexibility index (Phi) is 3.16.